The van der Waals surface area contributed by atoms with Gasteiger partial charge in [0.2, 0.25) is 0 Å². The van der Waals surface area contributed by atoms with Gasteiger partial charge in [0.15, 0.2) is 4.87 Å². The molecule has 0 amide bonds. The fraction of sp³-hybridized carbons (Fsp3) is 0.600. The van der Waals surface area contributed by atoms with Crippen LogP contribution in [0.1, 0.15) is 39.0 Å². The Balaban J connectivity index is 2.28. The molecular formula is C15H18F5NS. The average Bonchev–Trinajstić information content (AvgIpc) is 2.82. The zero-order valence-corrected chi connectivity index (χ0v) is 13.0. The molecule has 1 nitrogen and oxygen atoms in total. The Hall–Kier alpha value is -0.980. The van der Waals surface area contributed by atoms with Crippen molar-refractivity contribution in [1.29, 1.82) is 0 Å². The molecule has 0 bridgehead atoms. The van der Waals surface area contributed by atoms with E-state index in [1.54, 1.807) is 18.2 Å². The molecule has 1 aromatic rings. The first-order chi connectivity index (χ1) is 10.2. The first-order valence-electron chi connectivity index (χ1n) is 7.24. The normalized spacial score (nSPS) is 21.5. The Morgan fingerprint density at radius 2 is 1.73 bits per heavy atom. The summed E-state index contributed by atoms with van der Waals surface area (Å²) < 4.78 is 67.1. The molecule has 0 saturated heterocycles. The highest BCUT2D eigenvalue weighted by Gasteiger charge is 2.71. The van der Waals surface area contributed by atoms with Crippen LogP contribution in [0.3, 0.4) is 0 Å². The number of fused-ring (bicyclic) bond motifs is 1. The summed E-state index contributed by atoms with van der Waals surface area (Å²) in [6.07, 6.45) is -3.13. The molecule has 0 unspecified atom stereocenters. The largest absolute Gasteiger partial charge is 0.456 e. The minimum Gasteiger partial charge on any atom is -0.364 e. The van der Waals surface area contributed by atoms with Crippen molar-refractivity contribution in [2.75, 3.05) is 5.32 Å². The molecule has 0 fully saturated rings. The summed E-state index contributed by atoms with van der Waals surface area (Å²) in [4.78, 5) is -1.93. The molecule has 0 saturated carbocycles. The third-order valence-corrected chi connectivity index (χ3v) is 5.24. The number of benzene rings is 1. The molecule has 1 N–H and O–H groups in total. The van der Waals surface area contributed by atoms with Crippen LogP contribution >= 0.6 is 11.8 Å². The Bertz CT molecular complexity index is 490. The van der Waals surface area contributed by atoms with E-state index >= 15 is 0 Å². The summed E-state index contributed by atoms with van der Waals surface area (Å²) in [6.45, 7) is 1.96. The van der Waals surface area contributed by atoms with Crippen molar-refractivity contribution in [3.63, 3.8) is 0 Å². The smallest absolute Gasteiger partial charge is 0.364 e. The van der Waals surface area contributed by atoms with E-state index in [1.807, 2.05) is 6.92 Å². The third kappa shape index (κ3) is 3.05. The molecule has 0 spiro atoms. The molecule has 0 aliphatic carbocycles. The fourth-order valence-corrected chi connectivity index (χ4v) is 3.93. The van der Waals surface area contributed by atoms with Crippen molar-refractivity contribution >= 4 is 17.4 Å². The van der Waals surface area contributed by atoms with Crippen LogP contribution in [-0.2, 0) is 0 Å². The van der Waals surface area contributed by atoms with Crippen molar-refractivity contribution in [2.24, 2.45) is 0 Å². The van der Waals surface area contributed by atoms with Crippen LogP contribution in [0.25, 0.3) is 0 Å². The number of unbranched alkanes of at least 4 members (excludes halogenated alkanes) is 3. The lowest BCUT2D eigenvalue weighted by Gasteiger charge is -2.37. The highest BCUT2D eigenvalue weighted by molar-refractivity contribution is 8.01. The number of anilines is 1. The molecule has 1 heterocycles. The number of nitrogens with one attached hydrogen (secondary N) is 1. The van der Waals surface area contributed by atoms with Gasteiger partial charge >= 0.3 is 12.1 Å². The predicted octanol–water partition coefficient (Wildman–Crippen LogP) is 6.07. The Labute approximate surface area is 130 Å². The van der Waals surface area contributed by atoms with Gasteiger partial charge in [-0.15, -0.1) is 0 Å². The quantitative estimate of drug-likeness (QED) is 0.499. The fourth-order valence-electron chi connectivity index (χ4n) is 2.53. The van der Waals surface area contributed by atoms with Crippen molar-refractivity contribution in [1.82, 2.24) is 0 Å². The van der Waals surface area contributed by atoms with Crippen LogP contribution in [0.15, 0.2) is 29.2 Å². The van der Waals surface area contributed by atoms with Crippen LogP contribution in [0.5, 0.6) is 0 Å². The van der Waals surface area contributed by atoms with E-state index in [0.29, 0.717) is 35.2 Å². The van der Waals surface area contributed by atoms with Crippen molar-refractivity contribution in [3.8, 4) is 0 Å². The Morgan fingerprint density at radius 1 is 1.05 bits per heavy atom. The second kappa shape index (κ2) is 6.26. The maximum atomic E-state index is 14.2. The van der Waals surface area contributed by atoms with E-state index in [0.717, 1.165) is 12.8 Å². The SMILES string of the molecule is CCCCCC[C@]1(C(F)(F)C(F)(F)F)Nc2ccccc2S1. The van der Waals surface area contributed by atoms with Gasteiger partial charge in [0.1, 0.15) is 0 Å². The topological polar surface area (TPSA) is 12.0 Å². The van der Waals surface area contributed by atoms with Crippen molar-refractivity contribution in [3.05, 3.63) is 24.3 Å². The summed E-state index contributed by atoms with van der Waals surface area (Å²) in [7, 11) is 0. The van der Waals surface area contributed by atoms with Crippen molar-refractivity contribution in [2.45, 2.75) is 60.9 Å². The Morgan fingerprint density at radius 3 is 2.32 bits per heavy atom. The molecular weight excluding hydrogens is 321 g/mol. The molecule has 22 heavy (non-hydrogen) atoms. The molecule has 0 aromatic heterocycles. The molecule has 1 aromatic carbocycles. The molecule has 7 heteroatoms. The van der Waals surface area contributed by atoms with Gasteiger partial charge in [-0.3, -0.25) is 0 Å². The zero-order chi connectivity index (χ0) is 16.4. The summed E-state index contributed by atoms with van der Waals surface area (Å²) >= 11 is 0.594. The number of para-hydroxylation sites is 1. The highest BCUT2D eigenvalue weighted by atomic mass is 32.2. The zero-order valence-electron chi connectivity index (χ0n) is 12.1. The standard InChI is InChI=1S/C15H18F5NS/c1-2-3-4-7-10-13(14(16,17)15(18,19)20)21-11-8-5-6-9-12(11)22-13/h5-6,8-9,21H,2-4,7,10H2,1H3/t13-/m0/s1. The van der Waals surface area contributed by atoms with E-state index in [4.69, 9.17) is 0 Å². The number of rotatable bonds is 6. The third-order valence-electron chi connectivity index (χ3n) is 3.75. The van der Waals surface area contributed by atoms with Crippen LogP contribution < -0.4 is 5.32 Å². The molecule has 1 aliphatic heterocycles. The lowest BCUT2D eigenvalue weighted by molar-refractivity contribution is -0.292. The van der Waals surface area contributed by atoms with Gasteiger partial charge in [-0.25, -0.2) is 0 Å². The Kier molecular flexibility index (Phi) is 4.94. The van der Waals surface area contributed by atoms with E-state index in [-0.39, 0.29) is 6.42 Å². The summed E-state index contributed by atoms with van der Waals surface area (Å²) in [5, 5.41) is 2.46. The second-order valence-electron chi connectivity index (χ2n) is 5.43. The van der Waals surface area contributed by atoms with E-state index in [9.17, 15) is 22.0 Å². The van der Waals surface area contributed by atoms with Gasteiger partial charge in [-0.1, -0.05) is 50.1 Å². The monoisotopic (exact) mass is 339 g/mol. The number of thioether (sulfide) groups is 1. The van der Waals surface area contributed by atoms with Gasteiger partial charge in [0.05, 0.1) is 0 Å². The lowest BCUT2D eigenvalue weighted by Crippen LogP contribution is -2.58. The van der Waals surface area contributed by atoms with Gasteiger partial charge in [-0.2, -0.15) is 22.0 Å². The lowest BCUT2D eigenvalue weighted by atomic mass is 10.00. The van der Waals surface area contributed by atoms with Crippen molar-refractivity contribution < 1.29 is 22.0 Å². The van der Waals surface area contributed by atoms with Gasteiger partial charge < -0.3 is 5.32 Å². The second-order valence-corrected chi connectivity index (χ2v) is 6.77. The molecule has 1 atom stereocenters. The summed E-state index contributed by atoms with van der Waals surface area (Å²) in [5.74, 6) is -4.81. The predicted molar refractivity (Wildman–Crippen MR) is 78.4 cm³/mol. The number of hydrogen-bond acceptors (Lipinski definition) is 2. The number of alkyl halides is 5. The summed E-state index contributed by atoms with van der Waals surface area (Å²) in [5.41, 5.74) is 0.340. The maximum Gasteiger partial charge on any atom is 0.456 e. The minimum absolute atomic E-state index is 0.237. The van der Waals surface area contributed by atoms with E-state index < -0.39 is 17.0 Å². The molecule has 1 aliphatic rings. The molecule has 124 valence electrons. The van der Waals surface area contributed by atoms with Gasteiger partial charge in [0, 0.05) is 10.6 Å². The summed E-state index contributed by atoms with van der Waals surface area (Å²) in [6, 6.07) is 6.34. The first kappa shape index (κ1) is 17.4. The van der Waals surface area contributed by atoms with Crippen LogP contribution in [0, 0.1) is 0 Å². The molecule has 2 rings (SSSR count). The minimum atomic E-state index is -5.58. The number of hydrogen-bond donors (Lipinski definition) is 1. The highest BCUT2D eigenvalue weighted by Crippen LogP contribution is 2.59. The van der Waals surface area contributed by atoms with Crippen LogP contribution in [0.4, 0.5) is 27.6 Å². The maximum absolute atomic E-state index is 14.2. The van der Waals surface area contributed by atoms with Crippen LogP contribution in [0.2, 0.25) is 0 Å². The van der Waals surface area contributed by atoms with Gasteiger partial charge in [-0.05, 0) is 25.0 Å². The van der Waals surface area contributed by atoms with Gasteiger partial charge in [0.25, 0.3) is 0 Å². The number of halogens is 5. The van der Waals surface area contributed by atoms with E-state index in [1.165, 1.54) is 6.07 Å². The first-order valence-corrected chi connectivity index (χ1v) is 8.06. The molecule has 0 radical (unpaired) electrons. The van der Waals surface area contributed by atoms with E-state index in [2.05, 4.69) is 5.32 Å². The average molecular weight is 339 g/mol. The van der Waals surface area contributed by atoms with Crippen LogP contribution in [-0.4, -0.2) is 17.0 Å².